The topological polar surface area (TPSA) is 75.4 Å². The molecule has 2 aliphatic rings. The molecule has 0 spiro atoms. The molecule has 1 aromatic carbocycles. The molecular formula is C21H26N2O3. The second-order valence-corrected chi connectivity index (χ2v) is 7.53. The van der Waals surface area contributed by atoms with E-state index in [1.54, 1.807) is 0 Å². The average molecular weight is 354 g/mol. The molecule has 4 rings (SSSR count). The van der Waals surface area contributed by atoms with Crippen molar-refractivity contribution < 1.29 is 14.3 Å². The third kappa shape index (κ3) is 3.68. The first-order valence-corrected chi connectivity index (χ1v) is 9.74. The quantitative estimate of drug-likeness (QED) is 0.799. The van der Waals surface area contributed by atoms with E-state index in [2.05, 4.69) is 10.3 Å². The van der Waals surface area contributed by atoms with E-state index >= 15 is 0 Å². The van der Waals surface area contributed by atoms with Crippen molar-refractivity contribution in [2.24, 2.45) is 5.92 Å². The number of rotatable bonds is 5. The summed E-state index contributed by atoms with van der Waals surface area (Å²) < 4.78 is 5.99. The number of carbonyl (C=O) groups is 1. The minimum atomic E-state index is -0.164. The Hall–Kier alpha value is -2.14. The number of aliphatic hydroxyl groups excluding tert-OH is 1. The second-order valence-electron chi connectivity index (χ2n) is 7.53. The van der Waals surface area contributed by atoms with Crippen LogP contribution in [0.5, 0.6) is 0 Å². The molecule has 1 aromatic heterocycles. The lowest BCUT2D eigenvalue weighted by atomic mass is 9.95. The van der Waals surface area contributed by atoms with Gasteiger partial charge in [-0.3, -0.25) is 4.79 Å². The zero-order valence-electron chi connectivity index (χ0n) is 15.0. The van der Waals surface area contributed by atoms with Gasteiger partial charge < -0.3 is 14.8 Å². The van der Waals surface area contributed by atoms with Gasteiger partial charge in [-0.1, -0.05) is 37.5 Å². The van der Waals surface area contributed by atoms with Crippen LogP contribution in [0.4, 0.5) is 0 Å². The van der Waals surface area contributed by atoms with Crippen LogP contribution in [0.25, 0.3) is 11.5 Å². The smallest absolute Gasteiger partial charge is 0.273 e. The Morgan fingerprint density at radius 2 is 1.88 bits per heavy atom. The molecule has 2 fully saturated rings. The lowest BCUT2D eigenvalue weighted by Crippen LogP contribution is -2.41. The lowest BCUT2D eigenvalue weighted by molar-refractivity contribution is 0.0893. The van der Waals surface area contributed by atoms with Crippen molar-refractivity contribution in [2.45, 2.75) is 56.9 Å². The zero-order chi connectivity index (χ0) is 17.9. The summed E-state index contributed by atoms with van der Waals surface area (Å²) in [5, 5.41) is 12.8. The molecule has 2 aromatic rings. The van der Waals surface area contributed by atoms with Crippen molar-refractivity contribution in [3.63, 3.8) is 0 Å². The van der Waals surface area contributed by atoms with Crippen molar-refractivity contribution in [3.8, 4) is 11.5 Å². The predicted molar refractivity (Wildman–Crippen MR) is 98.8 cm³/mol. The van der Waals surface area contributed by atoms with Gasteiger partial charge in [-0.05, 0) is 37.8 Å². The number of amides is 1. The summed E-state index contributed by atoms with van der Waals surface area (Å²) in [6.45, 7) is 0.120. The summed E-state index contributed by atoms with van der Waals surface area (Å²) in [5.74, 6) is 1.51. The van der Waals surface area contributed by atoms with Gasteiger partial charge in [-0.25, -0.2) is 4.98 Å². The van der Waals surface area contributed by atoms with E-state index < -0.39 is 0 Å². The number of carbonyl (C=O) groups excluding carboxylic acids is 1. The van der Waals surface area contributed by atoms with Gasteiger partial charge in [0.05, 0.1) is 0 Å². The number of hydrogen-bond donors (Lipinski definition) is 2. The van der Waals surface area contributed by atoms with Crippen molar-refractivity contribution in [3.05, 3.63) is 41.8 Å². The number of aliphatic hydroxyl groups is 1. The maximum absolute atomic E-state index is 13.0. The normalized spacial score (nSPS) is 23.4. The minimum absolute atomic E-state index is 0.0129. The largest absolute Gasteiger partial charge is 0.440 e. The fourth-order valence-corrected chi connectivity index (χ4v) is 3.85. The van der Waals surface area contributed by atoms with Crippen LogP contribution < -0.4 is 5.32 Å². The van der Waals surface area contributed by atoms with Crippen LogP contribution >= 0.6 is 0 Å². The summed E-state index contributed by atoms with van der Waals surface area (Å²) in [4.78, 5) is 17.5. The Bertz CT molecular complexity index is 752. The molecule has 0 bridgehead atoms. The Kier molecular flexibility index (Phi) is 5.07. The molecule has 2 N–H and O–H groups in total. The van der Waals surface area contributed by atoms with Gasteiger partial charge in [-0.15, -0.1) is 0 Å². The molecule has 0 aliphatic heterocycles. The molecule has 26 heavy (non-hydrogen) atoms. The van der Waals surface area contributed by atoms with Crippen LogP contribution in [-0.4, -0.2) is 28.6 Å². The van der Waals surface area contributed by atoms with E-state index in [4.69, 9.17) is 4.42 Å². The molecule has 2 aliphatic carbocycles. The molecule has 2 saturated carbocycles. The van der Waals surface area contributed by atoms with Crippen LogP contribution in [0.2, 0.25) is 0 Å². The first-order chi connectivity index (χ1) is 12.8. The fourth-order valence-electron chi connectivity index (χ4n) is 3.85. The van der Waals surface area contributed by atoms with Crippen LogP contribution in [-0.2, 0) is 0 Å². The molecule has 0 radical (unpaired) electrons. The van der Waals surface area contributed by atoms with Crippen LogP contribution in [0.1, 0.15) is 67.1 Å². The van der Waals surface area contributed by atoms with Crippen LogP contribution in [0.3, 0.4) is 0 Å². The number of oxazole rings is 1. The molecule has 5 heteroatoms. The summed E-state index contributed by atoms with van der Waals surface area (Å²) in [6.07, 6.45) is 7.35. The van der Waals surface area contributed by atoms with E-state index in [0.29, 0.717) is 17.5 Å². The molecule has 5 nitrogen and oxygen atoms in total. The van der Waals surface area contributed by atoms with E-state index in [9.17, 15) is 9.90 Å². The Labute approximate surface area is 153 Å². The maximum atomic E-state index is 13.0. The lowest BCUT2D eigenvalue weighted by Gasteiger charge is -2.24. The standard InChI is InChI=1S/C21H26N2O3/c24-13-16-9-5-2-6-10-17(16)22-20(25)18-19(14-11-12-14)26-21(23-18)15-7-3-1-4-8-15/h1,3-4,7-8,14,16-17,24H,2,5-6,9-13H2,(H,22,25)/t16-,17-/m0/s1. The molecule has 138 valence electrons. The minimum Gasteiger partial charge on any atom is -0.440 e. The molecule has 0 saturated heterocycles. The molecule has 0 unspecified atom stereocenters. The summed E-state index contributed by atoms with van der Waals surface area (Å²) >= 11 is 0. The predicted octanol–water partition coefficient (Wildman–Crippen LogP) is 3.89. The van der Waals surface area contributed by atoms with Crippen LogP contribution in [0, 0.1) is 5.92 Å². The highest BCUT2D eigenvalue weighted by atomic mass is 16.4. The van der Waals surface area contributed by atoms with E-state index in [-0.39, 0.29) is 24.5 Å². The van der Waals surface area contributed by atoms with E-state index in [1.807, 2.05) is 30.3 Å². The molecule has 2 atom stereocenters. The van der Waals surface area contributed by atoms with Gasteiger partial charge in [0, 0.05) is 30.0 Å². The number of nitrogens with zero attached hydrogens (tertiary/aromatic N) is 1. The zero-order valence-corrected chi connectivity index (χ0v) is 15.0. The van der Waals surface area contributed by atoms with Crippen molar-refractivity contribution >= 4 is 5.91 Å². The summed E-state index contributed by atoms with van der Waals surface area (Å²) in [5.41, 5.74) is 1.31. The number of benzene rings is 1. The van der Waals surface area contributed by atoms with Crippen molar-refractivity contribution in [1.29, 1.82) is 0 Å². The number of hydrogen-bond acceptors (Lipinski definition) is 4. The van der Waals surface area contributed by atoms with Gasteiger partial charge >= 0.3 is 0 Å². The second kappa shape index (κ2) is 7.62. The highest BCUT2D eigenvalue weighted by molar-refractivity contribution is 5.94. The highest BCUT2D eigenvalue weighted by Gasteiger charge is 2.35. The molecule has 1 heterocycles. The van der Waals surface area contributed by atoms with E-state index in [1.165, 1.54) is 0 Å². The van der Waals surface area contributed by atoms with Crippen molar-refractivity contribution in [2.75, 3.05) is 6.61 Å². The maximum Gasteiger partial charge on any atom is 0.273 e. The fraction of sp³-hybridized carbons (Fsp3) is 0.524. The van der Waals surface area contributed by atoms with E-state index in [0.717, 1.165) is 56.3 Å². The average Bonchev–Trinajstić information content (AvgIpc) is 3.46. The van der Waals surface area contributed by atoms with Gasteiger partial charge in [0.25, 0.3) is 5.91 Å². The third-order valence-corrected chi connectivity index (χ3v) is 5.55. The van der Waals surface area contributed by atoms with Gasteiger partial charge in [0.2, 0.25) is 5.89 Å². The Morgan fingerprint density at radius 3 is 2.62 bits per heavy atom. The summed E-state index contributed by atoms with van der Waals surface area (Å²) in [7, 11) is 0. The monoisotopic (exact) mass is 354 g/mol. The van der Waals surface area contributed by atoms with Gasteiger partial charge in [-0.2, -0.15) is 0 Å². The molecular weight excluding hydrogens is 328 g/mol. The molecule has 1 amide bonds. The third-order valence-electron chi connectivity index (χ3n) is 5.55. The summed E-state index contributed by atoms with van der Waals surface area (Å²) in [6, 6.07) is 9.72. The highest BCUT2D eigenvalue weighted by Crippen LogP contribution is 2.43. The van der Waals surface area contributed by atoms with Gasteiger partial charge in [0.15, 0.2) is 5.69 Å². The Balaban J connectivity index is 1.57. The number of aromatic nitrogens is 1. The van der Waals surface area contributed by atoms with Crippen molar-refractivity contribution in [1.82, 2.24) is 10.3 Å². The first kappa shape index (κ1) is 17.3. The van der Waals surface area contributed by atoms with Crippen LogP contribution in [0.15, 0.2) is 34.7 Å². The SMILES string of the molecule is O=C(N[C@H]1CCCCC[C@H]1CO)c1nc(-c2ccccc2)oc1C1CC1. The number of nitrogens with one attached hydrogen (secondary N) is 1. The van der Waals surface area contributed by atoms with Gasteiger partial charge in [0.1, 0.15) is 5.76 Å². The first-order valence-electron chi connectivity index (χ1n) is 9.74. The Morgan fingerprint density at radius 1 is 1.12 bits per heavy atom.